The third-order valence-electron chi connectivity index (χ3n) is 1.89. The van der Waals surface area contributed by atoms with Gasteiger partial charge in [0.25, 0.3) is 0 Å². The maximum absolute atomic E-state index is 11.3. The van der Waals surface area contributed by atoms with Crippen LogP contribution >= 0.6 is 0 Å². The number of rotatable bonds is 3. The third kappa shape index (κ3) is 1.71. The normalized spacial score (nSPS) is 21.0. The molecule has 0 radical (unpaired) electrons. The molecule has 0 aromatic heterocycles. The number of aliphatic hydroxyl groups is 1. The van der Waals surface area contributed by atoms with Crippen LogP contribution in [-0.2, 0) is 19.1 Å². The molecule has 1 N–H and O–H groups in total. The summed E-state index contributed by atoms with van der Waals surface area (Å²) in [5.74, 6) is -2.18. The Morgan fingerprint density at radius 3 is 2.71 bits per heavy atom. The van der Waals surface area contributed by atoms with Crippen LogP contribution in [0.4, 0.5) is 0 Å². The molecule has 0 spiro atoms. The Labute approximate surface area is 81.3 Å². The van der Waals surface area contributed by atoms with Gasteiger partial charge in [-0.2, -0.15) is 0 Å². The number of esters is 2. The highest BCUT2D eigenvalue weighted by Gasteiger charge is 2.38. The lowest BCUT2D eigenvalue weighted by Gasteiger charge is -2.09. The van der Waals surface area contributed by atoms with Gasteiger partial charge in [-0.15, -0.1) is 0 Å². The molecule has 0 aromatic rings. The monoisotopic (exact) mass is 200 g/mol. The molecule has 1 aliphatic heterocycles. The van der Waals surface area contributed by atoms with Crippen LogP contribution in [0, 0.1) is 0 Å². The fourth-order valence-corrected chi connectivity index (χ4v) is 1.23. The van der Waals surface area contributed by atoms with Crippen molar-refractivity contribution in [2.75, 3.05) is 6.61 Å². The fraction of sp³-hybridized carbons (Fsp3) is 0.556. The molecule has 0 bridgehead atoms. The van der Waals surface area contributed by atoms with Crippen molar-refractivity contribution in [3.8, 4) is 0 Å². The van der Waals surface area contributed by atoms with Crippen LogP contribution in [0.5, 0.6) is 0 Å². The summed E-state index contributed by atoms with van der Waals surface area (Å²) in [5, 5.41) is 9.26. The van der Waals surface area contributed by atoms with E-state index < -0.39 is 23.8 Å². The highest BCUT2D eigenvalue weighted by Crippen LogP contribution is 2.24. The van der Waals surface area contributed by atoms with Crippen LogP contribution in [0.2, 0.25) is 0 Å². The number of carbonyl (C=O) groups is 2. The van der Waals surface area contributed by atoms with Crippen molar-refractivity contribution in [2.24, 2.45) is 0 Å². The highest BCUT2D eigenvalue weighted by atomic mass is 16.6. The van der Waals surface area contributed by atoms with Gasteiger partial charge in [0.1, 0.15) is 11.7 Å². The predicted octanol–water partition coefficient (Wildman–Crippen LogP) is 0.697. The smallest absolute Gasteiger partial charge is 0.374 e. The van der Waals surface area contributed by atoms with Gasteiger partial charge in [-0.1, -0.05) is 6.92 Å². The Bertz CT molecular complexity index is 292. The highest BCUT2D eigenvalue weighted by molar-refractivity contribution is 6.02. The van der Waals surface area contributed by atoms with Crippen molar-refractivity contribution in [1.29, 1.82) is 0 Å². The predicted molar refractivity (Wildman–Crippen MR) is 46.5 cm³/mol. The minimum Gasteiger partial charge on any atom is -0.501 e. The Hall–Kier alpha value is -1.52. The molecule has 1 unspecified atom stereocenters. The van der Waals surface area contributed by atoms with Crippen LogP contribution in [-0.4, -0.2) is 29.8 Å². The number of carbonyl (C=O) groups excluding carboxylic acids is 2. The van der Waals surface area contributed by atoms with Gasteiger partial charge in [0.05, 0.1) is 6.61 Å². The molecular weight excluding hydrogens is 188 g/mol. The van der Waals surface area contributed by atoms with Crippen molar-refractivity contribution in [1.82, 2.24) is 0 Å². The first-order chi connectivity index (χ1) is 6.61. The largest absolute Gasteiger partial charge is 0.501 e. The van der Waals surface area contributed by atoms with E-state index in [0.717, 1.165) is 0 Å². The minimum absolute atomic E-state index is 0.0700. The number of hydrogen-bond donors (Lipinski definition) is 1. The van der Waals surface area contributed by atoms with Gasteiger partial charge >= 0.3 is 11.9 Å². The molecule has 78 valence electrons. The standard InChI is InChI=1S/C9H12O5/c1-3-5-6(8(11)13-4-2)7(10)9(12)14-5/h5,10H,3-4H2,1-2H3. The Morgan fingerprint density at radius 2 is 2.21 bits per heavy atom. The van der Waals surface area contributed by atoms with Crippen molar-refractivity contribution < 1.29 is 24.2 Å². The summed E-state index contributed by atoms with van der Waals surface area (Å²) < 4.78 is 9.43. The van der Waals surface area contributed by atoms with E-state index >= 15 is 0 Å². The van der Waals surface area contributed by atoms with E-state index in [0.29, 0.717) is 6.42 Å². The molecule has 5 heteroatoms. The van der Waals surface area contributed by atoms with Crippen molar-refractivity contribution in [3.63, 3.8) is 0 Å². The van der Waals surface area contributed by atoms with Crippen LogP contribution in [0.25, 0.3) is 0 Å². The maximum Gasteiger partial charge on any atom is 0.374 e. The second-order valence-corrected chi connectivity index (χ2v) is 2.78. The number of cyclic esters (lactones) is 1. The molecule has 1 atom stereocenters. The van der Waals surface area contributed by atoms with Gasteiger partial charge in [0, 0.05) is 0 Å². The van der Waals surface area contributed by atoms with E-state index in [2.05, 4.69) is 4.74 Å². The Morgan fingerprint density at radius 1 is 1.57 bits per heavy atom. The zero-order valence-electron chi connectivity index (χ0n) is 8.07. The Kier molecular flexibility index (Phi) is 3.11. The number of aliphatic hydroxyl groups excluding tert-OH is 1. The zero-order chi connectivity index (χ0) is 10.7. The van der Waals surface area contributed by atoms with Crippen molar-refractivity contribution >= 4 is 11.9 Å². The molecule has 5 nitrogen and oxygen atoms in total. The molecule has 14 heavy (non-hydrogen) atoms. The lowest BCUT2D eigenvalue weighted by Crippen LogP contribution is -2.18. The van der Waals surface area contributed by atoms with Gasteiger partial charge in [-0.3, -0.25) is 0 Å². The third-order valence-corrected chi connectivity index (χ3v) is 1.89. The second-order valence-electron chi connectivity index (χ2n) is 2.78. The molecule has 1 rings (SSSR count). The average molecular weight is 200 g/mol. The molecule has 0 aromatic carbocycles. The van der Waals surface area contributed by atoms with Gasteiger partial charge in [-0.05, 0) is 13.3 Å². The van der Waals surface area contributed by atoms with E-state index in [9.17, 15) is 14.7 Å². The van der Waals surface area contributed by atoms with Crippen molar-refractivity contribution in [2.45, 2.75) is 26.4 Å². The zero-order valence-corrected chi connectivity index (χ0v) is 8.07. The van der Waals surface area contributed by atoms with E-state index in [4.69, 9.17) is 4.74 Å². The van der Waals surface area contributed by atoms with Gasteiger partial charge in [0.15, 0.2) is 0 Å². The van der Waals surface area contributed by atoms with Gasteiger partial charge in [0.2, 0.25) is 5.76 Å². The summed E-state index contributed by atoms with van der Waals surface area (Å²) in [4.78, 5) is 22.2. The minimum atomic E-state index is -0.861. The molecule has 1 heterocycles. The first kappa shape index (κ1) is 10.6. The van der Waals surface area contributed by atoms with Gasteiger partial charge in [-0.25, -0.2) is 9.59 Å². The molecule has 0 amide bonds. The summed E-state index contributed by atoms with van der Waals surface area (Å²) in [6, 6.07) is 0. The fourth-order valence-electron chi connectivity index (χ4n) is 1.23. The lowest BCUT2D eigenvalue weighted by molar-refractivity contribution is -0.143. The maximum atomic E-state index is 11.3. The van der Waals surface area contributed by atoms with Crippen molar-refractivity contribution in [3.05, 3.63) is 11.3 Å². The quantitative estimate of drug-likeness (QED) is 0.679. The topological polar surface area (TPSA) is 72.8 Å². The second kappa shape index (κ2) is 4.13. The van der Waals surface area contributed by atoms with E-state index in [1.807, 2.05) is 0 Å². The first-order valence-electron chi connectivity index (χ1n) is 4.43. The molecule has 0 fully saturated rings. The van der Waals surface area contributed by atoms with Crippen LogP contribution in [0.3, 0.4) is 0 Å². The average Bonchev–Trinajstić information content (AvgIpc) is 2.43. The molecule has 0 aliphatic carbocycles. The summed E-state index contributed by atoms with van der Waals surface area (Å²) in [6.45, 7) is 3.59. The molecule has 0 saturated carbocycles. The number of ether oxygens (including phenoxy) is 2. The molecule has 1 aliphatic rings. The SMILES string of the molecule is CCOC(=O)C1=C(O)C(=O)OC1CC. The summed E-state index contributed by atoms with van der Waals surface area (Å²) >= 11 is 0. The molecular formula is C9H12O5. The summed E-state index contributed by atoms with van der Waals surface area (Å²) in [6.07, 6.45) is -0.245. The Balaban J connectivity index is 2.91. The first-order valence-corrected chi connectivity index (χ1v) is 4.43. The summed E-state index contributed by atoms with van der Waals surface area (Å²) in [7, 11) is 0. The van der Waals surface area contributed by atoms with Crippen LogP contribution in [0.15, 0.2) is 11.3 Å². The molecule has 0 saturated heterocycles. The van der Waals surface area contributed by atoms with E-state index in [1.54, 1.807) is 13.8 Å². The van der Waals surface area contributed by atoms with Crippen LogP contribution in [0.1, 0.15) is 20.3 Å². The van der Waals surface area contributed by atoms with E-state index in [1.165, 1.54) is 0 Å². The van der Waals surface area contributed by atoms with E-state index in [-0.39, 0.29) is 12.2 Å². The van der Waals surface area contributed by atoms with Crippen LogP contribution < -0.4 is 0 Å². The number of hydrogen-bond acceptors (Lipinski definition) is 5. The lowest BCUT2D eigenvalue weighted by atomic mass is 10.1. The summed E-state index contributed by atoms with van der Waals surface area (Å²) in [5.41, 5.74) is -0.0700. The van der Waals surface area contributed by atoms with Gasteiger partial charge < -0.3 is 14.6 Å².